The van der Waals surface area contributed by atoms with Crippen molar-refractivity contribution in [1.29, 1.82) is 0 Å². The van der Waals surface area contributed by atoms with Gasteiger partial charge in [0.2, 0.25) is 0 Å². The van der Waals surface area contributed by atoms with Crippen molar-refractivity contribution in [3.05, 3.63) is 30.1 Å². The summed E-state index contributed by atoms with van der Waals surface area (Å²) in [4.78, 5) is 4.56. The molecule has 0 aliphatic heterocycles. The number of fused-ring (bicyclic) bond motifs is 1. The summed E-state index contributed by atoms with van der Waals surface area (Å²) in [5, 5.41) is 3.05. The van der Waals surface area contributed by atoms with Crippen LogP contribution in [-0.2, 0) is 23.3 Å². The van der Waals surface area contributed by atoms with E-state index in [4.69, 9.17) is 0 Å². The first-order valence-corrected chi connectivity index (χ1v) is 8.22. The molecule has 104 valence electrons. The summed E-state index contributed by atoms with van der Waals surface area (Å²) in [6.45, 7) is 0. The second kappa shape index (κ2) is 5.30. The third-order valence-corrected chi connectivity index (χ3v) is 4.23. The average Bonchev–Trinajstić information content (AvgIpc) is 2.64. The molecule has 0 amide bonds. The summed E-state index contributed by atoms with van der Waals surface area (Å²) >= 11 is 0. The molecule has 0 saturated carbocycles. The van der Waals surface area contributed by atoms with Gasteiger partial charge < -0.3 is 9.88 Å². The Hall–Kier alpha value is -1.40. The fourth-order valence-electron chi connectivity index (χ4n) is 2.21. The quantitative estimate of drug-likeness (QED) is 0.878. The van der Waals surface area contributed by atoms with E-state index >= 15 is 0 Å². The van der Waals surface area contributed by atoms with Gasteiger partial charge in [-0.25, -0.2) is 13.4 Å². The van der Waals surface area contributed by atoms with Crippen LogP contribution in [-0.4, -0.2) is 43.1 Å². The lowest BCUT2D eigenvalue weighted by atomic mass is 10.2. The number of likely N-dealkylation sites (N-methyl/N-ethyl adjacent to an activating group) is 1. The van der Waals surface area contributed by atoms with Gasteiger partial charge in [0.25, 0.3) is 0 Å². The lowest BCUT2D eigenvalue weighted by molar-refractivity contribution is 0.555. The minimum atomic E-state index is -3.00. The molecule has 0 spiro atoms. The standard InChI is InChI=1S/C13H19N3O2S/c1-14-10(9-19(3,17)18)8-13-15-11-6-4-5-7-12(11)16(13)2/h4-7,10,14H,8-9H2,1-3H3. The number of hydrogen-bond donors (Lipinski definition) is 1. The van der Waals surface area contributed by atoms with Crippen LogP contribution in [0.4, 0.5) is 0 Å². The van der Waals surface area contributed by atoms with E-state index in [1.54, 1.807) is 7.05 Å². The van der Waals surface area contributed by atoms with Gasteiger partial charge in [-0.2, -0.15) is 0 Å². The first kappa shape index (κ1) is 14.0. The molecule has 6 heteroatoms. The van der Waals surface area contributed by atoms with Crippen LogP contribution in [0, 0.1) is 0 Å². The van der Waals surface area contributed by atoms with Crippen LogP contribution in [0.15, 0.2) is 24.3 Å². The van der Waals surface area contributed by atoms with Crippen LogP contribution in [0.2, 0.25) is 0 Å². The number of hydrogen-bond acceptors (Lipinski definition) is 4. The molecule has 0 aliphatic carbocycles. The third-order valence-electron chi connectivity index (χ3n) is 3.22. The number of nitrogens with zero attached hydrogens (tertiary/aromatic N) is 2. The molecule has 1 atom stereocenters. The molecular weight excluding hydrogens is 262 g/mol. The first-order chi connectivity index (χ1) is 8.90. The lowest BCUT2D eigenvalue weighted by Gasteiger charge is -2.14. The minimum Gasteiger partial charge on any atom is -0.331 e. The van der Waals surface area contributed by atoms with Crippen LogP contribution in [0.25, 0.3) is 11.0 Å². The Morgan fingerprint density at radius 3 is 2.63 bits per heavy atom. The third kappa shape index (κ3) is 3.33. The van der Waals surface area contributed by atoms with E-state index in [-0.39, 0.29) is 11.8 Å². The second-order valence-electron chi connectivity index (χ2n) is 4.86. The van der Waals surface area contributed by atoms with Crippen molar-refractivity contribution in [3.63, 3.8) is 0 Å². The van der Waals surface area contributed by atoms with Gasteiger partial charge in [0.1, 0.15) is 15.7 Å². The van der Waals surface area contributed by atoms with E-state index in [9.17, 15) is 8.42 Å². The highest BCUT2D eigenvalue weighted by atomic mass is 32.2. The zero-order valence-electron chi connectivity index (χ0n) is 11.4. The van der Waals surface area contributed by atoms with Gasteiger partial charge in [0.15, 0.2) is 0 Å². The molecule has 1 unspecified atom stereocenters. The van der Waals surface area contributed by atoms with Gasteiger partial charge in [-0.15, -0.1) is 0 Å². The van der Waals surface area contributed by atoms with Crippen molar-refractivity contribution in [3.8, 4) is 0 Å². The predicted octanol–water partition coefficient (Wildman–Crippen LogP) is 0.748. The van der Waals surface area contributed by atoms with Crippen LogP contribution in [0.5, 0.6) is 0 Å². The molecule has 1 aromatic carbocycles. The first-order valence-electron chi connectivity index (χ1n) is 6.16. The minimum absolute atomic E-state index is 0.118. The van der Waals surface area contributed by atoms with E-state index in [2.05, 4.69) is 10.3 Å². The Labute approximate surface area is 113 Å². The Morgan fingerprint density at radius 2 is 2.05 bits per heavy atom. The molecule has 0 bridgehead atoms. The number of sulfone groups is 1. The number of benzene rings is 1. The van der Waals surface area contributed by atoms with Gasteiger partial charge in [-0.3, -0.25) is 0 Å². The van der Waals surface area contributed by atoms with Gasteiger partial charge in [-0.05, 0) is 19.2 Å². The molecule has 5 nitrogen and oxygen atoms in total. The molecule has 2 aromatic rings. The van der Waals surface area contributed by atoms with Gasteiger partial charge in [-0.1, -0.05) is 12.1 Å². The summed E-state index contributed by atoms with van der Waals surface area (Å²) in [7, 11) is 0.734. The summed E-state index contributed by atoms with van der Waals surface area (Å²) in [6, 6.07) is 7.77. The number of rotatable bonds is 5. The fraction of sp³-hybridized carbons (Fsp3) is 0.462. The van der Waals surface area contributed by atoms with Crippen molar-refractivity contribution in [1.82, 2.24) is 14.9 Å². The highest BCUT2D eigenvalue weighted by Crippen LogP contribution is 2.15. The van der Waals surface area contributed by atoms with Crippen LogP contribution < -0.4 is 5.32 Å². The molecule has 0 aliphatic rings. The normalized spacial score (nSPS) is 13.8. The van der Waals surface area contributed by atoms with Crippen molar-refractivity contribution in [2.45, 2.75) is 12.5 Å². The monoisotopic (exact) mass is 281 g/mol. The zero-order valence-corrected chi connectivity index (χ0v) is 12.2. The van der Waals surface area contributed by atoms with Gasteiger partial charge >= 0.3 is 0 Å². The molecule has 2 rings (SSSR count). The number of aromatic nitrogens is 2. The number of para-hydroxylation sites is 2. The van der Waals surface area contributed by atoms with Crippen molar-refractivity contribution in [2.24, 2.45) is 7.05 Å². The maximum atomic E-state index is 11.4. The van der Waals surface area contributed by atoms with E-state index in [1.807, 2.05) is 35.9 Å². The van der Waals surface area contributed by atoms with E-state index in [0.29, 0.717) is 6.42 Å². The summed E-state index contributed by atoms with van der Waals surface area (Å²) in [6.07, 6.45) is 1.85. The Kier molecular flexibility index (Phi) is 3.91. The number of nitrogens with one attached hydrogen (secondary N) is 1. The summed E-state index contributed by atoms with van der Waals surface area (Å²) in [5.41, 5.74) is 2.00. The second-order valence-corrected chi connectivity index (χ2v) is 7.04. The maximum absolute atomic E-state index is 11.4. The molecular formula is C13H19N3O2S. The Morgan fingerprint density at radius 1 is 1.37 bits per heavy atom. The highest BCUT2D eigenvalue weighted by molar-refractivity contribution is 7.90. The van der Waals surface area contributed by atoms with E-state index in [0.717, 1.165) is 16.9 Å². The Balaban J connectivity index is 2.27. The number of imidazole rings is 1. The van der Waals surface area contributed by atoms with Crippen molar-refractivity contribution >= 4 is 20.9 Å². The lowest BCUT2D eigenvalue weighted by Crippen LogP contribution is -2.35. The average molecular weight is 281 g/mol. The largest absolute Gasteiger partial charge is 0.331 e. The SMILES string of the molecule is CNC(Cc1nc2ccccc2n1C)CS(C)(=O)=O. The van der Waals surface area contributed by atoms with Gasteiger partial charge in [0.05, 0.1) is 16.8 Å². The molecule has 0 radical (unpaired) electrons. The van der Waals surface area contributed by atoms with Gasteiger partial charge in [0, 0.05) is 25.8 Å². The molecule has 19 heavy (non-hydrogen) atoms. The summed E-state index contributed by atoms with van der Waals surface area (Å²) in [5.74, 6) is 1.01. The Bertz CT molecular complexity index is 676. The number of aryl methyl sites for hydroxylation is 1. The topological polar surface area (TPSA) is 64.0 Å². The van der Waals surface area contributed by atoms with Crippen LogP contribution in [0.1, 0.15) is 5.82 Å². The zero-order chi connectivity index (χ0) is 14.0. The van der Waals surface area contributed by atoms with Crippen LogP contribution >= 0.6 is 0 Å². The molecule has 0 saturated heterocycles. The maximum Gasteiger partial charge on any atom is 0.148 e. The van der Waals surface area contributed by atoms with Crippen molar-refractivity contribution in [2.75, 3.05) is 19.1 Å². The summed E-state index contributed by atoms with van der Waals surface area (Å²) < 4.78 is 24.8. The molecule has 1 aromatic heterocycles. The highest BCUT2D eigenvalue weighted by Gasteiger charge is 2.17. The van der Waals surface area contributed by atoms with Crippen molar-refractivity contribution < 1.29 is 8.42 Å². The van der Waals surface area contributed by atoms with E-state index in [1.165, 1.54) is 6.26 Å². The molecule has 1 heterocycles. The smallest absolute Gasteiger partial charge is 0.148 e. The van der Waals surface area contributed by atoms with E-state index < -0.39 is 9.84 Å². The molecule has 0 fully saturated rings. The predicted molar refractivity (Wildman–Crippen MR) is 77.0 cm³/mol. The van der Waals surface area contributed by atoms with Crippen LogP contribution in [0.3, 0.4) is 0 Å². The molecule has 1 N–H and O–H groups in total. The fourth-order valence-corrected chi connectivity index (χ4v) is 3.22.